The summed E-state index contributed by atoms with van der Waals surface area (Å²) in [5.74, 6) is 0. The molecule has 0 amide bonds. The molecule has 64 valence electrons. The first kappa shape index (κ1) is 10.5. The average Bonchev–Trinajstić information content (AvgIpc) is 1.86. The fraction of sp³-hybridized carbons (Fsp3) is 0.714. The van der Waals surface area contributed by atoms with E-state index >= 15 is 0 Å². The molecular formula is C7H15N3S. The highest BCUT2D eigenvalue weighted by atomic mass is 32.2. The Labute approximate surface area is 72.2 Å². The second-order valence-electron chi connectivity index (χ2n) is 2.40. The van der Waals surface area contributed by atoms with Crippen LogP contribution in [-0.2, 0) is 0 Å². The molecule has 0 spiro atoms. The summed E-state index contributed by atoms with van der Waals surface area (Å²) in [6, 6.07) is 0. The molecule has 0 aromatic rings. The molecular weight excluding hydrogens is 158 g/mol. The number of thioether (sulfide) groups is 1. The van der Waals surface area contributed by atoms with Crippen LogP contribution in [0.3, 0.4) is 0 Å². The molecule has 0 aliphatic carbocycles. The van der Waals surface area contributed by atoms with Gasteiger partial charge in [0.1, 0.15) is 0 Å². The lowest BCUT2D eigenvalue weighted by molar-refractivity contribution is 0.737. The number of rotatable bonds is 5. The predicted molar refractivity (Wildman–Crippen MR) is 52.6 cm³/mol. The Balaban J connectivity index is 3.43. The summed E-state index contributed by atoms with van der Waals surface area (Å²) in [7, 11) is 0. The molecule has 0 bridgehead atoms. The van der Waals surface area contributed by atoms with E-state index in [1.54, 1.807) is 11.8 Å². The van der Waals surface area contributed by atoms with Crippen molar-refractivity contribution in [2.75, 3.05) is 0 Å². The number of nitrogens with zero attached hydrogens (tertiary/aromatic N) is 1. The van der Waals surface area contributed by atoms with E-state index in [0.29, 0.717) is 10.6 Å². The Hall–Kier alpha value is -0.510. The quantitative estimate of drug-likeness (QED) is 0.377. The van der Waals surface area contributed by atoms with E-state index in [0.717, 1.165) is 6.21 Å². The summed E-state index contributed by atoms with van der Waals surface area (Å²) in [6.45, 7) is 6.33. The van der Waals surface area contributed by atoms with Crippen molar-refractivity contribution in [3.05, 3.63) is 0 Å². The molecule has 1 unspecified atom stereocenters. The normalized spacial score (nSPS) is 13.8. The highest BCUT2D eigenvalue weighted by molar-refractivity contribution is 8.00. The third-order valence-corrected chi connectivity index (χ3v) is 1.94. The van der Waals surface area contributed by atoms with E-state index < -0.39 is 0 Å². The molecule has 4 heteroatoms. The van der Waals surface area contributed by atoms with E-state index in [4.69, 9.17) is 5.41 Å². The Morgan fingerprint density at radius 3 is 2.55 bits per heavy atom. The molecule has 0 rings (SSSR count). The minimum absolute atomic E-state index is 0.311. The molecule has 2 N–H and O–H groups in total. The number of nitrogens with one attached hydrogen (secondary N) is 2. The van der Waals surface area contributed by atoms with Gasteiger partial charge in [0.2, 0.25) is 0 Å². The summed E-state index contributed by atoms with van der Waals surface area (Å²) >= 11 is 1.80. The first-order valence-corrected chi connectivity index (χ1v) is 4.54. The molecule has 0 aliphatic heterocycles. The fourth-order valence-corrected chi connectivity index (χ4v) is 1.56. The Bertz CT molecular complexity index is 134. The van der Waals surface area contributed by atoms with Gasteiger partial charge in [0.25, 0.3) is 0 Å². The highest BCUT2D eigenvalue weighted by Crippen LogP contribution is 2.13. The van der Waals surface area contributed by atoms with Crippen LogP contribution in [0.25, 0.3) is 0 Å². The molecule has 0 heterocycles. The fourth-order valence-electron chi connectivity index (χ4n) is 0.624. The molecule has 11 heavy (non-hydrogen) atoms. The topological polar surface area (TPSA) is 48.2 Å². The summed E-state index contributed by atoms with van der Waals surface area (Å²) in [6.07, 6.45) is 2.58. The van der Waals surface area contributed by atoms with Crippen molar-refractivity contribution < 1.29 is 0 Å². The van der Waals surface area contributed by atoms with Gasteiger partial charge in [-0.1, -0.05) is 13.8 Å². The number of hydrogen-bond donors (Lipinski definition) is 2. The maximum atomic E-state index is 6.67. The van der Waals surface area contributed by atoms with E-state index in [1.807, 2.05) is 6.92 Å². The molecule has 0 fully saturated rings. The van der Waals surface area contributed by atoms with Crippen LogP contribution in [0.4, 0.5) is 0 Å². The zero-order chi connectivity index (χ0) is 8.69. The molecule has 0 saturated carbocycles. The maximum absolute atomic E-state index is 6.67. The Kier molecular flexibility index (Phi) is 5.93. The van der Waals surface area contributed by atoms with E-state index in [-0.39, 0.29) is 0 Å². The first-order chi connectivity index (χ1) is 5.16. The van der Waals surface area contributed by atoms with Crippen molar-refractivity contribution in [2.24, 2.45) is 5.10 Å². The van der Waals surface area contributed by atoms with Crippen LogP contribution in [0.5, 0.6) is 0 Å². The molecule has 0 saturated heterocycles. The highest BCUT2D eigenvalue weighted by Gasteiger charge is 2.01. The van der Waals surface area contributed by atoms with Crippen molar-refractivity contribution in [2.45, 2.75) is 31.4 Å². The molecule has 3 nitrogen and oxygen atoms in total. The van der Waals surface area contributed by atoms with E-state index in [2.05, 4.69) is 24.4 Å². The van der Waals surface area contributed by atoms with Crippen LogP contribution in [0.2, 0.25) is 0 Å². The van der Waals surface area contributed by atoms with Crippen LogP contribution in [0.15, 0.2) is 5.10 Å². The van der Waals surface area contributed by atoms with Gasteiger partial charge in [0.15, 0.2) is 0 Å². The zero-order valence-corrected chi connectivity index (χ0v) is 7.98. The number of hydrazone groups is 1. The second-order valence-corrected chi connectivity index (χ2v) is 4.32. The maximum Gasteiger partial charge on any atom is 0.0866 e. The average molecular weight is 173 g/mol. The minimum atomic E-state index is 0.311. The monoisotopic (exact) mass is 173 g/mol. The second kappa shape index (κ2) is 6.22. The van der Waals surface area contributed by atoms with Crippen molar-refractivity contribution in [3.63, 3.8) is 0 Å². The minimum Gasteiger partial charge on any atom is -0.307 e. The van der Waals surface area contributed by atoms with Crippen LogP contribution in [-0.4, -0.2) is 23.1 Å². The van der Waals surface area contributed by atoms with E-state index in [1.165, 1.54) is 6.21 Å². The number of hydrogen-bond acceptors (Lipinski definition) is 4. The van der Waals surface area contributed by atoms with Crippen LogP contribution in [0, 0.1) is 5.41 Å². The van der Waals surface area contributed by atoms with Crippen molar-refractivity contribution in [1.29, 1.82) is 5.41 Å². The standard InChI is InChI=1S/C7H15N3S/c1-6(2)11-7(3)10-9-5-4-8/h4-8,10H,1-3H3/b8-4?,9-5+. The first-order valence-electron chi connectivity index (χ1n) is 3.60. The molecule has 0 aliphatic rings. The third-order valence-electron chi connectivity index (χ3n) is 0.882. The molecule has 0 aromatic carbocycles. The molecule has 1 atom stereocenters. The predicted octanol–water partition coefficient (Wildman–Crippen LogP) is 1.70. The van der Waals surface area contributed by atoms with Crippen LogP contribution >= 0.6 is 11.8 Å². The summed E-state index contributed by atoms with van der Waals surface area (Å²) in [5.41, 5.74) is 2.90. The Morgan fingerprint density at radius 2 is 2.09 bits per heavy atom. The van der Waals surface area contributed by atoms with Gasteiger partial charge in [-0.3, -0.25) is 5.43 Å². The van der Waals surface area contributed by atoms with Gasteiger partial charge >= 0.3 is 0 Å². The van der Waals surface area contributed by atoms with Gasteiger partial charge in [-0.05, 0) is 6.92 Å². The summed E-state index contributed by atoms with van der Waals surface area (Å²) in [5, 5.41) is 11.4. The van der Waals surface area contributed by atoms with Crippen LogP contribution in [0.1, 0.15) is 20.8 Å². The lowest BCUT2D eigenvalue weighted by Crippen LogP contribution is -2.18. The van der Waals surface area contributed by atoms with Gasteiger partial charge < -0.3 is 5.41 Å². The summed E-state index contributed by atoms with van der Waals surface area (Å²) < 4.78 is 0. The summed E-state index contributed by atoms with van der Waals surface area (Å²) in [4.78, 5) is 0. The largest absolute Gasteiger partial charge is 0.307 e. The van der Waals surface area contributed by atoms with Crippen LogP contribution < -0.4 is 5.43 Å². The molecule has 0 aromatic heterocycles. The smallest absolute Gasteiger partial charge is 0.0866 e. The van der Waals surface area contributed by atoms with Gasteiger partial charge in [0, 0.05) is 11.5 Å². The lowest BCUT2D eigenvalue weighted by Gasteiger charge is -2.12. The van der Waals surface area contributed by atoms with Gasteiger partial charge in [-0.15, -0.1) is 11.8 Å². The Morgan fingerprint density at radius 1 is 1.45 bits per heavy atom. The van der Waals surface area contributed by atoms with Gasteiger partial charge in [0.05, 0.1) is 11.6 Å². The lowest BCUT2D eigenvalue weighted by atomic mass is 10.6. The van der Waals surface area contributed by atoms with Crippen molar-refractivity contribution in [1.82, 2.24) is 5.43 Å². The molecule has 0 radical (unpaired) electrons. The zero-order valence-electron chi connectivity index (χ0n) is 7.16. The van der Waals surface area contributed by atoms with Gasteiger partial charge in [-0.25, -0.2) is 0 Å². The van der Waals surface area contributed by atoms with Gasteiger partial charge in [-0.2, -0.15) is 5.10 Å². The van der Waals surface area contributed by atoms with Crippen molar-refractivity contribution in [3.8, 4) is 0 Å². The van der Waals surface area contributed by atoms with E-state index in [9.17, 15) is 0 Å². The SMILES string of the molecule is CC(C)SC(C)N/N=C/C=N. The third kappa shape index (κ3) is 7.39. The van der Waals surface area contributed by atoms with Crippen molar-refractivity contribution >= 4 is 24.2 Å².